The van der Waals surface area contributed by atoms with Crippen LogP contribution in [0.1, 0.15) is 26.3 Å². The number of pyridine rings is 1. The molecule has 2 N–H and O–H groups in total. The van der Waals surface area contributed by atoms with Crippen LogP contribution in [0, 0.1) is 0 Å². The quantitative estimate of drug-likeness (QED) is 0.899. The van der Waals surface area contributed by atoms with E-state index in [9.17, 15) is 9.59 Å². The number of carbonyl (C=O) groups excluding carboxylic acids is 1. The van der Waals surface area contributed by atoms with E-state index in [2.05, 4.69) is 10.3 Å². The van der Waals surface area contributed by atoms with Crippen molar-refractivity contribution in [3.05, 3.63) is 53.3 Å². The molecule has 0 fully saturated rings. The summed E-state index contributed by atoms with van der Waals surface area (Å²) in [5, 5.41) is 11.5. The maximum absolute atomic E-state index is 12.2. The molecule has 0 saturated heterocycles. The average Bonchev–Trinajstić information content (AvgIpc) is 2.94. The van der Waals surface area contributed by atoms with Crippen LogP contribution in [0.4, 0.5) is 5.69 Å². The predicted molar refractivity (Wildman–Crippen MR) is 74.8 cm³/mol. The van der Waals surface area contributed by atoms with Crippen LogP contribution in [0.2, 0.25) is 0 Å². The number of ether oxygens (including phenoxy) is 1. The number of hydrogen-bond acceptors (Lipinski definition) is 4. The van der Waals surface area contributed by atoms with E-state index in [0.29, 0.717) is 17.9 Å². The van der Waals surface area contributed by atoms with Gasteiger partial charge in [-0.2, -0.15) is 0 Å². The van der Waals surface area contributed by atoms with Crippen LogP contribution in [-0.2, 0) is 6.42 Å². The van der Waals surface area contributed by atoms with E-state index in [-0.39, 0.29) is 11.5 Å². The Morgan fingerprint density at radius 1 is 1.19 bits per heavy atom. The summed E-state index contributed by atoms with van der Waals surface area (Å²) in [7, 11) is 0. The zero-order valence-corrected chi connectivity index (χ0v) is 11.0. The van der Waals surface area contributed by atoms with Crippen LogP contribution in [0.25, 0.3) is 0 Å². The van der Waals surface area contributed by atoms with Crippen molar-refractivity contribution in [2.24, 2.45) is 0 Å². The monoisotopic (exact) mass is 284 g/mol. The van der Waals surface area contributed by atoms with Gasteiger partial charge in [-0.05, 0) is 29.8 Å². The SMILES string of the molecule is O=C(O)c1cncc(NC(=O)c2ccc3c(c2)CCO3)c1. The Balaban J connectivity index is 1.80. The van der Waals surface area contributed by atoms with Crippen molar-refractivity contribution in [2.75, 3.05) is 11.9 Å². The number of aromatic nitrogens is 1. The number of nitrogens with zero attached hydrogens (tertiary/aromatic N) is 1. The van der Waals surface area contributed by atoms with Gasteiger partial charge in [0.2, 0.25) is 0 Å². The van der Waals surface area contributed by atoms with Gasteiger partial charge in [0.25, 0.3) is 5.91 Å². The minimum atomic E-state index is -1.09. The number of nitrogens with one attached hydrogen (secondary N) is 1. The highest BCUT2D eigenvalue weighted by Gasteiger charge is 2.15. The van der Waals surface area contributed by atoms with Crippen LogP contribution < -0.4 is 10.1 Å². The first kappa shape index (κ1) is 13.1. The van der Waals surface area contributed by atoms with Gasteiger partial charge in [-0.1, -0.05) is 0 Å². The first-order valence-electron chi connectivity index (χ1n) is 6.39. The fourth-order valence-corrected chi connectivity index (χ4v) is 2.16. The highest BCUT2D eigenvalue weighted by molar-refractivity contribution is 6.04. The van der Waals surface area contributed by atoms with E-state index in [4.69, 9.17) is 9.84 Å². The largest absolute Gasteiger partial charge is 0.493 e. The highest BCUT2D eigenvalue weighted by atomic mass is 16.5. The van der Waals surface area contributed by atoms with Gasteiger partial charge in [0.15, 0.2) is 0 Å². The number of benzene rings is 1. The molecule has 2 aromatic rings. The fourth-order valence-electron chi connectivity index (χ4n) is 2.16. The molecule has 0 unspecified atom stereocenters. The van der Waals surface area contributed by atoms with Crippen molar-refractivity contribution in [1.82, 2.24) is 4.98 Å². The number of fused-ring (bicyclic) bond motifs is 1. The normalized spacial score (nSPS) is 12.4. The van der Waals surface area contributed by atoms with Gasteiger partial charge >= 0.3 is 5.97 Å². The maximum Gasteiger partial charge on any atom is 0.337 e. The van der Waals surface area contributed by atoms with Gasteiger partial charge in [-0.3, -0.25) is 9.78 Å². The third-order valence-electron chi connectivity index (χ3n) is 3.19. The summed E-state index contributed by atoms with van der Waals surface area (Å²) in [5.74, 6) is -0.594. The molecule has 0 bridgehead atoms. The van der Waals surface area contributed by atoms with Gasteiger partial charge in [0, 0.05) is 18.2 Å². The van der Waals surface area contributed by atoms with E-state index in [1.54, 1.807) is 18.2 Å². The minimum Gasteiger partial charge on any atom is -0.493 e. The first-order chi connectivity index (χ1) is 10.1. The number of aromatic carboxylic acids is 1. The molecule has 1 aliphatic heterocycles. The van der Waals surface area contributed by atoms with Crippen LogP contribution in [0.15, 0.2) is 36.7 Å². The maximum atomic E-state index is 12.2. The molecule has 1 amide bonds. The Bertz CT molecular complexity index is 727. The van der Waals surface area contributed by atoms with E-state index < -0.39 is 5.97 Å². The number of hydrogen-bond donors (Lipinski definition) is 2. The standard InChI is InChI=1S/C15H12N2O4/c18-14(10-1-2-13-9(5-10)3-4-21-13)17-12-6-11(15(19)20)7-16-8-12/h1-2,5-8H,3-4H2,(H,17,18)(H,19,20). The molecule has 1 aromatic carbocycles. The molecule has 106 valence electrons. The third kappa shape index (κ3) is 2.69. The second kappa shape index (κ2) is 5.24. The lowest BCUT2D eigenvalue weighted by Crippen LogP contribution is -2.13. The molecule has 21 heavy (non-hydrogen) atoms. The van der Waals surface area contributed by atoms with Gasteiger partial charge in [-0.25, -0.2) is 4.79 Å². The van der Waals surface area contributed by atoms with Crippen molar-refractivity contribution in [1.29, 1.82) is 0 Å². The number of anilines is 1. The van der Waals surface area contributed by atoms with E-state index in [0.717, 1.165) is 17.7 Å². The Labute approximate surface area is 120 Å². The summed E-state index contributed by atoms with van der Waals surface area (Å²) in [4.78, 5) is 26.8. The van der Waals surface area contributed by atoms with E-state index >= 15 is 0 Å². The number of carboxylic acid groups (broad SMARTS) is 1. The number of rotatable bonds is 3. The molecule has 0 atom stereocenters. The molecule has 1 aromatic heterocycles. The summed E-state index contributed by atoms with van der Waals surface area (Å²) in [5.41, 5.74) is 1.87. The molecule has 2 heterocycles. The van der Waals surface area contributed by atoms with Gasteiger partial charge in [0.05, 0.1) is 24.1 Å². The zero-order chi connectivity index (χ0) is 14.8. The molecule has 3 rings (SSSR count). The molecular weight excluding hydrogens is 272 g/mol. The Morgan fingerprint density at radius 2 is 2.05 bits per heavy atom. The number of carbonyl (C=O) groups is 2. The number of amides is 1. The van der Waals surface area contributed by atoms with Crippen molar-refractivity contribution in [3.8, 4) is 5.75 Å². The Morgan fingerprint density at radius 3 is 2.86 bits per heavy atom. The molecule has 6 nitrogen and oxygen atoms in total. The van der Waals surface area contributed by atoms with E-state index in [1.807, 2.05) is 0 Å². The van der Waals surface area contributed by atoms with Crippen LogP contribution >= 0.6 is 0 Å². The molecule has 0 aliphatic carbocycles. The predicted octanol–water partition coefficient (Wildman–Crippen LogP) is 1.97. The molecule has 0 spiro atoms. The summed E-state index contributed by atoms with van der Waals surface area (Å²) >= 11 is 0. The minimum absolute atomic E-state index is 0.0233. The van der Waals surface area contributed by atoms with Crippen molar-refractivity contribution in [2.45, 2.75) is 6.42 Å². The lowest BCUT2D eigenvalue weighted by atomic mass is 10.1. The molecular formula is C15H12N2O4. The van der Waals surface area contributed by atoms with Crippen molar-refractivity contribution < 1.29 is 19.4 Å². The van der Waals surface area contributed by atoms with Gasteiger partial charge in [0.1, 0.15) is 5.75 Å². The second-order valence-corrected chi connectivity index (χ2v) is 4.64. The molecule has 0 saturated carbocycles. The fraction of sp³-hybridized carbons (Fsp3) is 0.133. The molecule has 1 aliphatic rings. The summed E-state index contributed by atoms with van der Waals surface area (Å²) in [6.07, 6.45) is 3.41. The summed E-state index contributed by atoms with van der Waals surface area (Å²) < 4.78 is 5.39. The van der Waals surface area contributed by atoms with Gasteiger partial charge in [-0.15, -0.1) is 0 Å². The smallest absolute Gasteiger partial charge is 0.337 e. The first-order valence-corrected chi connectivity index (χ1v) is 6.39. The van der Waals surface area contributed by atoms with Crippen LogP contribution in [0.5, 0.6) is 5.75 Å². The van der Waals surface area contributed by atoms with Crippen LogP contribution in [0.3, 0.4) is 0 Å². The van der Waals surface area contributed by atoms with Crippen molar-refractivity contribution in [3.63, 3.8) is 0 Å². The summed E-state index contributed by atoms with van der Waals surface area (Å²) in [6.45, 7) is 0.630. The lowest BCUT2D eigenvalue weighted by Gasteiger charge is -2.07. The van der Waals surface area contributed by atoms with Gasteiger partial charge < -0.3 is 15.2 Å². The Hall–Kier alpha value is -2.89. The van der Waals surface area contributed by atoms with Crippen molar-refractivity contribution >= 4 is 17.6 Å². The second-order valence-electron chi connectivity index (χ2n) is 4.64. The number of carboxylic acids is 1. The Kier molecular flexibility index (Phi) is 3.27. The highest BCUT2D eigenvalue weighted by Crippen LogP contribution is 2.26. The molecule has 0 radical (unpaired) electrons. The molecule has 6 heteroatoms. The van der Waals surface area contributed by atoms with E-state index in [1.165, 1.54) is 18.5 Å². The zero-order valence-electron chi connectivity index (χ0n) is 11.0. The average molecular weight is 284 g/mol. The topological polar surface area (TPSA) is 88.5 Å². The summed E-state index contributed by atoms with van der Waals surface area (Å²) in [6, 6.07) is 6.59. The lowest BCUT2D eigenvalue weighted by molar-refractivity contribution is 0.0696. The third-order valence-corrected chi connectivity index (χ3v) is 3.19. The van der Waals surface area contributed by atoms with Crippen LogP contribution in [-0.4, -0.2) is 28.6 Å².